The van der Waals surface area contributed by atoms with Crippen molar-refractivity contribution in [1.82, 2.24) is 9.80 Å². The minimum atomic E-state index is -0.241. The molecule has 0 spiro atoms. The van der Waals surface area contributed by atoms with Gasteiger partial charge >= 0.3 is 0 Å². The topological polar surface area (TPSA) is 60.9 Å². The Morgan fingerprint density at radius 2 is 1.83 bits per heavy atom. The van der Waals surface area contributed by atoms with Crippen molar-refractivity contribution in [2.75, 3.05) is 26.4 Å². The fraction of sp³-hybridized carbons (Fsp3) is 0.714. The van der Waals surface area contributed by atoms with Crippen molar-refractivity contribution < 1.29 is 14.7 Å². The van der Waals surface area contributed by atoms with Crippen molar-refractivity contribution in [3.63, 3.8) is 0 Å². The Morgan fingerprint density at radius 3 is 2.17 bits per heavy atom. The highest BCUT2D eigenvalue weighted by atomic mass is 16.3. The minimum Gasteiger partial charge on any atom is -0.381 e. The number of nitrogens with zero attached hydrogens (tertiary/aromatic N) is 2. The molecule has 0 aromatic carbocycles. The van der Waals surface area contributed by atoms with E-state index in [1.54, 1.807) is 6.92 Å². The second kappa shape index (κ2) is 3.64. The number of aliphatic hydroxyl groups excluding tert-OH is 1. The molecule has 1 saturated heterocycles. The van der Waals surface area contributed by atoms with Gasteiger partial charge in [-0.25, -0.2) is 0 Å². The fourth-order valence-electron chi connectivity index (χ4n) is 1.20. The molecule has 2 amide bonds. The number of likely N-dealkylation sites (N-methyl/N-ethyl adjacent to an activating group) is 1. The van der Waals surface area contributed by atoms with E-state index in [0.717, 1.165) is 0 Å². The Hall–Kier alpha value is -0.940. The third kappa shape index (κ3) is 1.62. The van der Waals surface area contributed by atoms with Crippen LogP contribution < -0.4 is 0 Å². The number of aliphatic hydroxyl groups is 1. The first kappa shape index (κ1) is 9.15. The molecule has 1 N–H and O–H groups in total. The lowest BCUT2D eigenvalue weighted by molar-refractivity contribution is -0.152. The molecule has 0 saturated carbocycles. The van der Waals surface area contributed by atoms with Crippen LogP contribution in [0.5, 0.6) is 0 Å². The summed E-state index contributed by atoms with van der Waals surface area (Å²) in [5.41, 5.74) is 0. The molecular formula is C7H12N2O3. The van der Waals surface area contributed by atoms with Crippen molar-refractivity contribution in [2.24, 2.45) is 0 Å². The SMILES string of the molecule is CCN1C(=O)CN(CO)CC1=O. The van der Waals surface area contributed by atoms with Crippen molar-refractivity contribution in [2.45, 2.75) is 6.92 Å². The van der Waals surface area contributed by atoms with Gasteiger partial charge in [0.25, 0.3) is 0 Å². The molecule has 1 fully saturated rings. The van der Waals surface area contributed by atoms with Crippen LogP contribution in [0.15, 0.2) is 0 Å². The van der Waals surface area contributed by atoms with Gasteiger partial charge in [0.05, 0.1) is 19.8 Å². The largest absolute Gasteiger partial charge is 0.381 e. The summed E-state index contributed by atoms with van der Waals surface area (Å²) in [6, 6.07) is 0. The highest BCUT2D eigenvalue weighted by molar-refractivity contribution is 5.99. The average Bonchev–Trinajstić information content (AvgIpc) is 2.03. The van der Waals surface area contributed by atoms with Gasteiger partial charge in [-0.3, -0.25) is 19.4 Å². The van der Waals surface area contributed by atoms with Crippen molar-refractivity contribution in [3.05, 3.63) is 0 Å². The molecule has 0 atom stereocenters. The fourth-order valence-corrected chi connectivity index (χ4v) is 1.20. The summed E-state index contributed by atoms with van der Waals surface area (Å²) >= 11 is 0. The molecule has 0 aromatic rings. The first-order chi connectivity index (χ1) is 5.69. The summed E-state index contributed by atoms with van der Waals surface area (Å²) in [5, 5.41) is 8.69. The Morgan fingerprint density at radius 1 is 1.33 bits per heavy atom. The Bertz CT molecular complexity index is 187. The van der Waals surface area contributed by atoms with Gasteiger partial charge in [-0.15, -0.1) is 0 Å². The van der Waals surface area contributed by atoms with Crippen molar-refractivity contribution in [1.29, 1.82) is 0 Å². The Labute approximate surface area is 70.6 Å². The van der Waals surface area contributed by atoms with E-state index < -0.39 is 0 Å². The van der Waals surface area contributed by atoms with Gasteiger partial charge in [-0.05, 0) is 6.92 Å². The highest BCUT2D eigenvalue weighted by Gasteiger charge is 2.28. The van der Waals surface area contributed by atoms with E-state index in [9.17, 15) is 9.59 Å². The van der Waals surface area contributed by atoms with Crippen LogP contribution in [0.3, 0.4) is 0 Å². The summed E-state index contributed by atoms with van der Waals surface area (Å²) in [4.78, 5) is 24.9. The van der Waals surface area contributed by atoms with Gasteiger partial charge in [-0.1, -0.05) is 0 Å². The lowest BCUT2D eigenvalue weighted by Gasteiger charge is -2.30. The summed E-state index contributed by atoms with van der Waals surface area (Å²) in [7, 11) is 0. The van der Waals surface area contributed by atoms with Gasteiger partial charge in [0.15, 0.2) is 0 Å². The number of carbonyl (C=O) groups is 2. The third-order valence-corrected chi connectivity index (χ3v) is 1.84. The number of hydrogen-bond donors (Lipinski definition) is 1. The van der Waals surface area contributed by atoms with Gasteiger partial charge in [0.2, 0.25) is 11.8 Å². The first-order valence-electron chi connectivity index (χ1n) is 3.85. The van der Waals surface area contributed by atoms with Crippen molar-refractivity contribution in [3.8, 4) is 0 Å². The van der Waals surface area contributed by atoms with Crippen LogP contribution in [-0.2, 0) is 9.59 Å². The standard InChI is InChI=1S/C7H12N2O3/c1-2-9-6(11)3-8(5-10)4-7(9)12/h10H,2-5H2,1H3. The zero-order valence-corrected chi connectivity index (χ0v) is 6.99. The zero-order valence-electron chi connectivity index (χ0n) is 6.99. The van der Waals surface area contributed by atoms with Crippen LogP contribution in [0.2, 0.25) is 0 Å². The van der Waals surface area contributed by atoms with Crippen LogP contribution in [0.25, 0.3) is 0 Å². The van der Waals surface area contributed by atoms with Gasteiger partial charge in [0, 0.05) is 6.54 Å². The lowest BCUT2D eigenvalue weighted by Crippen LogP contribution is -2.53. The monoisotopic (exact) mass is 172 g/mol. The number of imide groups is 1. The lowest BCUT2D eigenvalue weighted by atomic mass is 10.3. The molecule has 1 rings (SSSR count). The molecule has 5 heteroatoms. The molecular weight excluding hydrogens is 160 g/mol. The molecule has 1 heterocycles. The normalized spacial score (nSPS) is 20.3. The number of amides is 2. The summed E-state index contributed by atoms with van der Waals surface area (Å²) in [5.74, 6) is -0.467. The van der Waals surface area contributed by atoms with Crippen LogP contribution in [0.1, 0.15) is 6.92 Å². The molecule has 1 aliphatic rings. The Balaban J connectivity index is 2.63. The summed E-state index contributed by atoms with van der Waals surface area (Å²) < 4.78 is 0. The first-order valence-corrected chi connectivity index (χ1v) is 3.85. The second-order valence-corrected chi connectivity index (χ2v) is 2.66. The molecule has 0 radical (unpaired) electrons. The van der Waals surface area contributed by atoms with E-state index >= 15 is 0 Å². The van der Waals surface area contributed by atoms with Crippen molar-refractivity contribution >= 4 is 11.8 Å². The van der Waals surface area contributed by atoms with E-state index in [1.807, 2.05) is 0 Å². The highest BCUT2D eigenvalue weighted by Crippen LogP contribution is 2.02. The average molecular weight is 172 g/mol. The molecule has 0 unspecified atom stereocenters. The third-order valence-electron chi connectivity index (χ3n) is 1.84. The van der Waals surface area contributed by atoms with Gasteiger partial charge in [0.1, 0.15) is 0 Å². The number of carbonyl (C=O) groups excluding carboxylic acids is 2. The van der Waals surface area contributed by atoms with E-state index in [4.69, 9.17) is 5.11 Å². The number of hydrogen-bond acceptors (Lipinski definition) is 4. The van der Waals surface area contributed by atoms with E-state index in [0.29, 0.717) is 6.54 Å². The zero-order chi connectivity index (χ0) is 9.14. The summed E-state index contributed by atoms with van der Waals surface area (Å²) in [6.07, 6.45) is 0. The molecule has 5 nitrogen and oxygen atoms in total. The predicted molar refractivity (Wildman–Crippen MR) is 41.1 cm³/mol. The van der Waals surface area contributed by atoms with Crippen LogP contribution in [0.4, 0.5) is 0 Å². The molecule has 0 aromatic heterocycles. The van der Waals surface area contributed by atoms with Gasteiger partial charge in [-0.2, -0.15) is 0 Å². The van der Waals surface area contributed by atoms with Crippen LogP contribution >= 0.6 is 0 Å². The van der Waals surface area contributed by atoms with Crippen LogP contribution in [0, 0.1) is 0 Å². The maximum absolute atomic E-state index is 11.2. The Kier molecular flexibility index (Phi) is 2.78. The molecule has 12 heavy (non-hydrogen) atoms. The van der Waals surface area contributed by atoms with E-state index in [-0.39, 0.29) is 31.6 Å². The maximum atomic E-state index is 11.2. The van der Waals surface area contributed by atoms with E-state index in [2.05, 4.69) is 0 Å². The maximum Gasteiger partial charge on any atom is 0.243 e. The molecule has 0 bridgehead atoms. The smallest absolute Gasteiger partial charge is 0.243 e. The minimum absolute atomic E-state index is 0.135. The van der Waals surface area contributed by atoms with Crippen LogP contribution in [-0.4, -0.2) is 53.1 Å². The molecule has 68 valence electrons. The van der Waals surface area contributed by atoms with E-state index in [1.165, 1.54) is 9.80 Å². The predicted octanol–water partition coefficient (Wildman–Crippen LogP) is -1.37. The number of rotatable bonds is 2. The van der Waals surface area contributed by atoms with Gasteiger partial charge < -0.3 is 5.11 Å². The molecule has 1 aliphatic heterocycles. The number of piperazine rings is 1. The second-order valence-electron chi connectivity index (χ2n) is 2.66. The quantitative estimate of drug-likeness (QED) is 0.522. The molecule has 0 aliphatic carbocycles. The summed E-state index contributed by atoms with van der Waals surface area (Å²) in [6.45, 7) is 2.20.